The van der Waals surface area contributed by atoms with Gasteiger partial charge in [-0.3, -0.25) is 0 Å². The van der Waals surface area contributed by atoms with E-state index in [9.17, 15) is 17.6 Å². The fourth-order valence-corrected chi connectivity index (χ4v) is 1.57. The summed E-state index contributed by atoms with van der Waals surface area (Å²) < 4.78 is 50.8. The smallest absolute Gasteiger partial charge is 0.368 e. The van der Waals surface area contributed by atoms with Crippen molar-refractivity contribution in [3.8, 4) is 0 Å². The van der Waals surface area contributed by atoms with Gasteiger partial charge in [0, 0.05) is 18.8 Å². The van der Waals surface area contributed by atoms with E-state index in [-0.39, 0.29) is 5.82 Å². The van der Waals surface area contributed by atoms with Gasteiger partial charge in [-0.05, 0) is 24.3 Å². The number of benzene rings is 1. The molecule has 0 aliphatic carbocycles. The van der Waals surface area contributed by atoms with Gasteiger partial charge in [-0.15, -0.1) is 0 Å². The van der Waals surface area contributed by atoms with E-state index in [0.29, 0.717) is 5.69 Å². The van der Waals surface area contributed by atoms with E-state index >= 15 is 0 Å². The highest BCUT2D eigenvalue weighted by Gasteiger charge is 2.33. The van der Waals surface area contributed by atoms with Crippen LogP contribution in [0.4, 0.5) is 35.0 Å². The van der Waals surface area contributed by atoms with Crippen LogP contribution in [0.1, 0.15) is 5.69 Å². The molecule has 1 aromatic heterocycles. The zero-order valence-electron chi connectivity index (χ0n) is 10.3. The number of nitrogens with two attached hydrogens (primary N) is 1. The lowest BCUT2D eigenvalue weighted by molar-refractivity contribution is -0.141. The molecule has 4 nitrogen and oxygen atoms in total. The van der Waals surface area contributed by atoms with Gasteiger partial charge in [0.2, 0.25) is 5.95 Å². The van der Waals surface area contributed by atoms with Gasteiger partial charge < -0.3 is 10.6 Å². The maximum atomic E-state index is 12.8. The van der Waals surface area contributed by atoms with E-state index in [1.807, 2.05) is 0 Å². The summed E-state index contributed by atoms with van der Waals surface area (Å²) in [4.78, 5) is 8.25. The first-order valence-corrected chi connectivity index (χ1v) is 5.48. The fraction of sp³-hybridized carbons (Fsp3) is 0.167. The minimum Gasteiger partial charge on any atom is -0.368 e. The Morgan fingerprint density at radius 1 is 1.10 bits per heavy atom. The fourth-order valence-electron chi connectivity index (χ4n) is 1.57. The lowest BCUT2D eigenvalue weighted by atomic mass is 10.3. The molecule has 8 heteroatoms. The maximum Gasteiger partial charge on any atom is 0.433 e. The quantitative estimate of drug-likeness (QED) is 0.862. The number of anilines is 3. The van der Waals surface area contributed by atoms with Crippen LogP contribution >= 0.6 is 0 Å². The molecule has 2 rings (SSSR count). The molecule has 2 N–H and O–H groups in total. The van der Waals surface area contributed by atoms with Crippen LogP contribution in [-0.2, 0) is 6.18 Å². The monoisotopic (exact) mass is 286 g/mol. The van der Waals surface area contributed by atoms with Crippen molar-refractivity contribution in [3.05, 3.63) is 41.8 Å². The molecule has 0 saturated carbocycles. The third-order valence-corrected chi connectivity index (χ3v) is 2.58. The number of nitrogens with zero attached hydrogens (tertiary/aromatic N) is 3. The maximum absolute atomic E-state index is 12.8. The van der Waals surface area contributed by atoms with Crippen molar-refractivity contribution >= 4 is 17.5 Å². The molecule has 0 spiro atoms. The van der Waals surface area contributed by atoms with Crippen LogP contribution in [-0.4, -0.2) is 17.0 Å². The SMILES string of the molecule is CN(c1ccc(F)cc1)c1cc(C(F)(F)F)nc(N)n1. The van der Waals surface area contributed by atoms with Crippen LogP contribution in [0.3, 0.4) is 0 Å². The molecule has 106 valence electrons. The van der Waals surface area contributed by atoms with Crippen molar-refractivity contribution in [3.63, 3.8) is 0 Å². The van der Waals surface area contributed by atoms with Gasteiger partial charge in [-0.2, -0.15) is 18.2 Å². The van der Waals surface area contributed by atoms with Gasteiger partial charge in [0.25, 0.3) is 0 Å². The van der Waals surface area contributed by atoms with E-state index < -0.39 is 23.6 Å². The number of aromatic nitrogens is 2. The summed E-state index contributed by atoms with van der Waals surface area (Å²) in [6.45, 7) is 0. The van der Waals surface area contributed by atoms with Crippen LogP contribution in [0.25, 0.3) is 0 Å². The van der Waals surface area contributed by atoms with E-state index in [1.165, 1.54) is 36.2 Å². The first-order chi connectivity index (χ1) is 9.27. The van der Waals surface area contributed by atoms with Gasteiger partial charge >= 0.3 is 6.18 Å². The molecule has 0 atom stereocenters. The van der Waals surface area contributed by atoms with Gasteiger partial charge in [0.05, 0.1) is 0 Å². The van der Waals surface area contributed by atoms with Gasteiger partial charge in [0.15, 0.2) is 5.69 Å². The topological polar surface area (TPSA) is 55.0 Å². The molecule has 1 heterocycles. The summed E-state index contributed by atoms with van der Waals surface area (Å²) >= 11 is 0. The summed E-state index contributed by atoms with van der Waals surface area (Å²) in [5.41, 5.74) is 4.63. The van der Waals surface area contributed by atoms with E-state index in [2.05, 4.69) is 9.97 Å². The molecule has 0 unspecified atom stereocenters. The lowest BCUT2D eigenvalue weighted by Gasteiger charge is -2.19. The van der Waals surface area contributed by atoms with Crippen LogP contribution in [0.5, 0.6) is 0 Å². The molecule has 2 aromatic rings. The molecule has 0 saturated heterocycles. The zero-order chi connectivity index (χ0) is 14.9. The van der Waals surface area contributed by atoms with Crippen LogP contribution in [0.2, 0.25) is 0 Å². The van der Waals surface area contributed by atoms with Crippen LogP contribution in [0.15, 0.2) is 30.3 Å². The van der Waals surface area contributed by atoms with Crippen molar-refractivity contribution in [2.24, 2.45) is 0 Å². The third kappa shape index (κ3) is 2.95. The van der Waals surface area contributed by atoms with Crippen molar-refractivity contribution in [2.75, 3.05) is 17.7 Å². The number of hydrogen-bond donors (Lipinski definition) is 1. The Balaban J connectivity index is 2.42. The molecular formula is C12H10F4N4. The number of rotatable bonds is 2. The minimum absolute atomic E-state index is 0.0311. The molecular weight excluding hydrogens is 276 g/mol. The van der Waals surface area contributed by atoms with Crippen LogP contribution in [0, 0.1) is 5.82 Å². The van der Waals surface area contributed by atoms with Crippen molar-refractivity contribution in [2.45, 2.75) is 6.18 Å². The Morgan fingerprint density at radius 2 is 1.70 bits per heavy atom. The molecule has 0 bridgehead atoms. The number of alkyl halides is 3. The standard InChI is InChI=1S/C12H10F4N4/c1-20(8-4-2-7(13)3-5-8)10-6-9(12(14,15)16)18-11(17)19-10/h2-6H,1H3,(H2,17,18,19). The van der Waals surface area contributed by atoms with Crippen molar-refractivity contribution in [1.82, 2.24) is 9.97 Å². The Morgan fingerprint density at radius 3 is 2.25 bits per heavy atom. The molecule has 1 aromatic carbocycles. The van der Waals surface area contributed by atoms with E-state index in [1.54, 1.807) is 0 Å². The minimum atomic E-state index is -4.62. The lowest BCUT2D eigenvalue weighted by Crippen LogP contribution is -2.16. The van der Waals surface area contributed by atoms with Crippen molar-refractivity contribution < 1.29 is 17.6 Å². The van der Waals surface area contributed by atoms with Gasteiger partial charge in [-0.1, -0.05) is 0 Å². The number of halogens is 4. The van der Waals surface area contributed by atoms with Gasteiger partial charge in [-0.25, -0.2) is 9.37 Å². The van der Waals surface area contributed by atoms with E-state index in [0.717, 1.165) is 6.07 Å². The Hall–Kier alpha value is -2.38. The highest BCUT2D eigenvalue weighted by Crippen LogP contribution is 2.31. The summed E-state index contributed by atoms with van der Waals surface area (Å²) in [6, 6.07) is 6.00. The summed E-state index contributed by atoms with van der Waals surface area (Å²) in [7, 11) is 1.50. The second-order valence-electron chi connectivity index (χ2n) is 4.00. The molecule has 0 amide bonds. The first kappa shape index (κ1) is 14.0. The molecule has 0 aliphatic heterocycles. The summed E-state index contributed by atoms with van der Waals surface area (Å²) in [6.07, 6.45) is -4.62. The highest BCUT2D eigenvalue weighted by molar-refractivity contribution is 5.60. The average Bonchev–Trinajstić information content (AvgIpc) is 2.37. The number of hydrogen-bond acceptors (Lipinski definition) is 4. The Bertz CT molecular complexity index is 610. The second kappa shape index (κ2) is 4.95. The molecule has 0 fully saturated rings. The Kier molecular flexibility index (Phi) is 3.47. The second-order valence-corrected chi connectivity index (χ2v) is 4.00. The predicted octanol–water partition coefficient (Wildman–Crippen LogP) is 2.98. The van der Waals surface area contributed by atoms with Gasteiger partial charge in [0.1, 0.15) is 11.6 Å². The molecule has 20 heavy (non-hydrogen) atoms. The first-order valence-electron chi connectivity index (χ1n) is 5.48. The normalized spacial score (nSPS) is 11.4. The van der Waals surface area contributed by atoms with Crippen LogP contribution < -0.4 is 10.6 Å². The zero-order valence-corrected chi connectivity index (χ0v) is 10.3. The molecule has 0 radical (unpaired) electrons. The largest absolute Gasteiger partial charge is 0.433 e. The van der Waals surface area contributed by atoms with E-state index in [4.69, 9.17) is 5.73 Å². The summed E-state index contributed by atoms with van der Waals surface area (Å²) in [5, 5.41) is 0. The summed E-state index contributed by atoms with van der Waals surface area (Å²) in [5.74, 6) is -0.958. The number of nitrogen functional groups attached to an aromatic ring is 1. The highest BCUT2D eigenvalue weighted by atomic mass is 19.4. The average molecular weight is 286 g/mol. The molecule has 0 aliphatic rings. The third-order valence-electron chi connectivity index (χ3n) is 2.58. The Labute approximate surface area is 111 Å². The van der Waals surface area contributed by atoms with Crippen molar-refractivity contribution in [1.29, 1.82) is 0 Å². The predicted molar refractivity (Wildman–Crippen MR) is 65.9 cm³/mol.